The summed E-state index contributed by atoms with van der Waals surface area (Å²) in [6.07, 6.45) is 0. The Morgan fingerprint density at radius 2 is 1.38 bits per heavy atom. The summed E-state index contributed by atoms with van der Waals surface area (Å²) in [6.45, 7) is 0. The van der Waals surface area contributed by atoms with Crippen LogP contribution >= 0.6 is 0 Å². The van der Waals surface area contributed by atoms with Gasteiger partial charge in [0.1, 0.15) is 11.4 Å². The quantitative estimate of drug-likeness (QED) is 0.380. The third-order valence-electron chi connectivity index (χ3n) is 3.70. The third kappa shape index (κ3) is 3.29. The van der Waals surface area contributed by atoms with E-state index in [-0.39, 0.29) is 17.1 Å². The molecule has 0 saturated heterocycles. The normalized spacial score (nSPS) is 10.3. The first-order valence-electron chi connectivity index (χ1n) is 7.54. The average Bonchev–Trinajstić information content (AvgIpc) is 2.63. The fraction of sp³-hybridized carbons (Fsp3) is 0. The number of amides is 2. The van der Waals surface area contributed by atoms with Gasteiger partial charge < -0.3 is 15.7 Å². The van der Waals surface area contributed by atoms with E-state index in [2.05, 4.69) is 10.6 Å². The number of carbonyl (C=O) groups is 2. The number of aromatic hydroxyl groups is 1. The predicted octanol–water partition coefficient (Wildman–Crippen LogP) is 3.03. The van der Waals surface area contributed by atoms with Crippen LogP contribution < -0.4 is 10.6 Å². The van der Waals surface area contributed by atoms with Gasteiger partial charge in [0.15, 0.2) is 0 Å². The predicted molar refractivity (Wildman–Crippen MR) is 96.0 cm³/mol. The molecular weight excluding hydrogens is 338 g/mol. The van der Waals surface area contributed by atoms with Crippen LogP contribution in [0.2, 0.25) is 0 Å². The number of hydrogen-bond acceptors (Lipinski definition) is 5. The minimum absolute atomic E-state index is 0.0444. The van der Waals surface area contributed by atoms with E-state index in [1.165, 1.54) is 30.3 Å². The maximum Gasteiger partial charge on any atom is 0.314 e. The maximum absolute atomic E-state index is 12.2. The van der Waals surface area contributed by atoms with E-state index in [9.17, 15) is 24.8 Å². The van der Waals surface area contributed by atoms with Gasteiger partial charge >= 0.3 is 11.8 Å². The van der Waals surface area contributed by atoms with Crippen molar-refractivity contribution in [1.82, 2.24) is 0 Å². The molecule has 0 fully saturated rings. The lowest BCUT2D eigenvalue weighted by atomic mass is 10.1. The molecule has 26 heavy (non-hydrogen) atoms. The van der Waals surface area contributed by atoms with Gasteiger partial charge in [-0.05, 0) is 18.2 Å². The van der Waals surface area contributed by atoms with Crippen LogP contribution in [-0.4, -0.2) is 21.8 Å². The Morgan fingerprint density at radius 1 is 0.808 bits per heavy atom. The van der Waals surface area contributed by atoms with E-state index in [0.29, 0.717) is 16.5 Å². The van der Waals surface area contributed by atoms with Crippen LogP contribution in [0.5, 0.6) is 5.75 Å². The average molecular weight is 351 g/mol. The highest BCUT2D eigenvalue weighted by Gasteiger charge is 2.20. The van der Waals surface area contributed by atoms with Crippen molar-refractivity contribution < 1.29 is 19.6 Å². The van der Waals surface area contributed by atoms with Crippen LogP contribution in [0.1, 0.15) is 0 Å². The number of nitro benzene ring substituents is 1. The molecule has 0 bridgehead atoms. The fourth-order valence-corrected chi connectivity index (χ4v) is 2.50. The van der Waals surface area contributed by atoms with Crippen molar-refractivity contribution in [2.45, 2.75) is 0 Å². The van der Waals surface area contributed by atoms with E-state index in [4.69, 9.17) is 0 Å². The van der Waals surface area contributed by atoms with Gasteiger partial charge in [-0.25, -0.2) is 0 Å². The van der Waals surface area contributed by atoms with Crippen molar-refractivity contribution in [2.24, 2.45) is 0 Å². The van der Waals surface area contributed by atoms with Gasteiger partial charge in [0, 0.05) is 22.5 Å². The fourth-order valence-electron chi connectivity index (χ4n) is 2.50. The molecule has 8 heteroatoms. The molecule has 3 aromatic rings. The molecule has 2 amide bonds. The Labute approximate surface area is 147 Å². The Morgan fingerprint density at radius 3 is 2.12 bits per heavy atom. The zero-order valence-corrected chi connectivity index (χ0v) is 13.3. The van der Waals surface area contributed by atoms with Crippen LogP contribution in [0, 0.1) is 10.1 Å². The van der Waals surface area contributed by atoms with Crippen molar-refractivity contribution in [3.8, 4) is 5.75 Å². The number of phenols is 1. The van der Waals surface area contributed by atoms with E-state index in [1.807, 2.05) is 0 Å². The molecule has 0 spiro atoms. The molecule has 0 heterocycles. The van der Waals surface area contributed by atoms with Crippen molar-refractivity contribution in [3.63, 3.8) is 0 Å². The molecule has 3 aromatic carbocycles. The molecule has 0 aliphatic heterocycles. The number of benzene rings is 3. The SMILES string of the molecule is O=C(Nc1ccccc1[N+](=O)[O-])C(=O)Nc1cccc2c(O)cccc12. The number of nitrogens with zero attached hydrogens (tertiary/aromatic N) is 1. The number of para-hydroxylation sites is 2. The van der Waals surface area contributed by atoms with Crippen molar-refractivity contribution in [2.75, 3.05) is 10.6 Å². The molecule has 3 N–H and O–H groups in total. The van der Waals surface area contributed by atoms with Gasteiger partial charge in [-0.15, -0.1) is 0 Å². The molecule has 0 aliphatic carbocycles. The summed E-state index contributed by atoms with van der Waals surface area (Å²) in [5, 5.41) is 26.6. The van der Waals surface area contributed by atoms with E-state index in [1.54, 1.807) is 30.3 Å². The summed E-state index contributed by atoms with van der Waals surface area (Å²) in [6, 6.07) is 15.2. The number of rotatable bonds is 3. The van der Waals surface area contributed by atoms with Crippen LogP contribution in [0.25, 0.3) is 10.8 Å². The molecule has 0 radical (unpaired) electrons. The molecule has 0 saturated carbocycles. The Bertz CT molecular complexity index is 1030. The second-order valence-electron chi connectivity index (χ2n) is 5.36. The number of carbonyl (C=O) groups excluding carboxylic acids is 2. The lowest BCUT2D eigenvalue weighted by Crippen LogP contribution is -2.29. The van der Waals surface area contributed by atoms with E-state index in [0.717, 1.165) is 0 Å². The number of fused-ring (bicyclic) bond motifs is 1. The number of nitrogens with one attached hydrogen (secondary N) is 2. The van der Waals surface area contributed by atoms with Crippen LogP contribution in [0.3, 0.4) is 0 Å². The second kappa shape index (κ2) is 6.89. The summed E-state index contributed by atoms with van der Waals surface area (Å²) in [5.74, 6) is -1.99. The van der Waals surface area contributed by atoms with Gasteiger partial charge in [0.2, 0.25) is 0 Å². The highest BCUT2D eigenvalue weighted by Crippen LogP contribution is 2.30. The van der Waals surface area contributed by atoms with Gasteiger partial charge in [-0.2, -0.15) is 0 Å². The van der Waals surface area contributed by atoms with Crippen molar-refractivity contribution in [1.29, 1.82) is 0 Å². The maximum atomic E-state index is 12.2. The lowest BCUT2D eigenvalue weighted by Gasteiger charge is -2.10. The first kappa shape index (κ1) is 16.9. The minimum atomic E-state index is -1.04. The first-order chi connectivity index (χ1) is 12.5. The molecule has 0 unspecified atom stereocenters. The van der Waals surface area contributed by atoms with Crippen LogP contribution in [0.15, 0.2) is 60.7 Å². The third-order valence-corrected chi connectivity index (χ3v) is 3.70. The van der Waals surface area contributed by atoms with E-state index >= 15 is 0 Å². The highest BCUT2D eigenvalue weighted by atomic mass is 16.6. The largest absolute Gasteiger partial charge is 0.507 e. The molecule has 130 valence electrons. The number of phenolic OH excluding ortho intramolecular Hbond substituents is 1. The summed E-state index contributed by atoms with van der Waals surface area (Å²) >= 11 is 0. The zero-order valence-electron chi connectivity index (χ0n) is 13.3. The summed E-state index contributed by atoms with van der Waals surface area (Å²) in [5.41, 5.74) is -0.0574. The Balaban J connectivity index is 1.82. The van der Waals surface area contributed by atoms with Gasteiger partial charge in [0.05, 0.1) is 4.92 Å². The molecule has 0 atom stereocenters. The minimum Gasteiger partial charge on any atom is -0.507 e. The lowest BCUT2D eigenvalue weighted by molar-refractivity contribution is -0.383. The molecule has 0 aromatic heterocycles. The smallest absolute Gasteiger partial charge is 0.314 e. The zero-order chi connectivity index (χ0) is 18.7. The second-order valence-corrected chi connectivity index (χ2v) is 5.36. The van der Waals surface area contributed by atoms with Crippen LogP contribution in [-0.2, 0) is 9.59 Å². The highest BCUT2D eigenvalue weighted by molar-refractivity contribution is 6.44. The van der Waals surface area contributed by atoms with Crippen LogP contribution in [0.4, 0.5) is 17.1 Å². The van der Waals surface area contributed by atoms with E-state index < -0.39 is 16.7 Å². The number of anilines is 2. The Hall–Kier alpha value is -3.94. The van der Waals surface area contributed by atoms with Gasteiger partial charge in [-0.1, -0.05) is 36.4 Å². The summed E-state index contributed by atoms with van der Waals surface area (Å²) in [4.78, 5) is 34.6. The summed E-state index contributed by atoms with van der Waals surface area (Å²) < 4.78 is 0. The molecule has 3 rings (SSSR count). The van der Waals surface area contributed by atoms with Crippen molar-refractivity contribution >= 4 is 39.6 Å². The molecule has 0 aliphatic rings. The number of nitro groups is 1. The van der Waals surface area contributed by atoms with Gasteiger partial charge in [-0.3, -0.25) is 19.7 Å². The monoisotopic (exact) mass is 351 g/mol. The van der Waals surface area contributed by atoms with Gasteiger partial charge in [0.25, 0.3) is 5.69 Å². The van der Waals surface area contributed by atoms with Crippen molar-refractivity contribution in [3.05, 3.63) is 70.8 Å². The molecule has 8 nitrogen and oxygen atoms in total. The summed E-state index contributed by atoms with van der Waals surface area (Å²) in [7, 11) is 0. The standard InChI is InChI=1S/C18H13N3O5/c22-16-10-4-5-11-12(16)6-3-8-13(11)19-17(23)18(24)20-14-7-1-2-9-15(14)21(25)26/h1-10,22H,(H,19,23)(H,20,24). The Kier molecular flexibility index (Phi) is 4.48. The molecular formula is C18H13N3O5. The first-order valence-corrected chi connectivity index (χ1v) is 7.54. The topological polar surface area (TPSA) is 122 Å². The number of hydrogen-bond donors (Lipinski definition) is 3.